The van der Waals surface area contributed by atoms with E-state index in [1.165, 1.54) is 0 Å². The highest BCUT2D eigenvalue weighted by Gasteiger charge is 2.27. The molecule has 1 aromatic carbocycles. The van der Waals surface area contributed by atoms with Crippen LogP contribution in [0.5, 0.6) is 0 Å². The van der Waals surface area contributed by atoms with Crippen LogP contribution in [0.25, 0.3) is 0 Å². The van der Waals surface area contributed by atoms with Gasteiger partial charge in [0.25, 0.3) is 5.69 Å². The summed E-state index contributed by atoms with van der Waals surface area (Å²) in [6, 6.07) is 1.43. The van der Waals surface area contributed by atoms with Crippen molar-refractivity contribution < 1.29 is 13.7 Å². The molecule has 1 fully saturated rings. The molecule has 15 heavy (non-hydrogen) atoms. The van der Waals surface area contributed by atoms with E-state index in [1.807, 2.05) is 0 Å². The highest BCUT2D eigenvalue weighted by atomic mass is 19.1. The highest BCUT2D eigenvalue weighted by molar-refractivity contribution is 5.63. The van der Waals surface area contributed by atoms with E-state index in [1.54, 1.807) is 0 Å². The molecule has 0 radical (unpaired) electrons. The minimum atomic E-state index is -0.944. The number of hydrogen-bond acceptors (Lipinski definition) is 3. The number of nitro benzene ring substituents is 1. The molecule has 0 aromatic heterocycles. The fraction of sp³-hybridized carbons (Fsp3) is 0.333. The summed E-state index contributed by atoms with van der Waals surface area (Å²) in [7, 11) is 0. The summed E-state index contributed by atoms with van der Waals surface area (Å²) in [5.41, 5.74) is -0.775. The molecule has 0 amide bonds. The molecule has 0 saturated heterocycles. The largest absolute Gasteiger partial charge is 0.374 e. The van der Waals surface area contributed by atoms with E-state index in [4.69, 9.17) is 0 Å². The second-order valence-corrected chi connectivity index (χ2v) is 3.46. The first-order chi connectivity index (χ1) is 7.08. The van der Waals surface area contributed by atoms with Crippen LogP contribution in [0.15, 0.2) is 12.1 Å². The minimum Gasteiger partial charge on any atom is -0.374 e. The lowest BCUT2D eigenvalue weighted by molar-refractivity contribution is -0.384. The number of anilines is 1. The van der Waals surface area contributed by atoms with Gasteiger partial charge in [0.15, 0.2) is 5.82 Å². The Hall–Kier alpha value is -1.72. The summed E-state index contributed by atoms with van der Waals surface area (Å²) in [4.78, 5) is 9.77. The Balaban J connectivity index is 2.42. The van der Waals surface area contributed by atoms with Gasteiger partial charge in [0.2, 0.25) is 0 Å². The van der Waals surface area contributed by atoms with Crippen molar-refractivity contribution in [2.45, 2.75) is 18.9 Å². The van der Waals surface area contributed by atoms with Gasteiger partial charge in [-0.15, -0.1) is 0 Å². The van der Waals surface area contributed by atoms with Crippen molar-refractivity contribution in [1.82, 2.24) is 0 Å². The van der Waals surface area contributed by atoms with E-state index in [9.17, 15) is 18.9 Å². The molecule has 0 atom stereocenters. The molecule has 0 spiro atoms. The third-order valence-corrected chi connectivity index (χ3v) is 2.16. The number of rotatable bonds is 3. The number of nitro groups is 1. The maximum atomic E-state index is 13.3. The molecular weight excluding hydrogens is 206 g/mol. The molecule has 2 rings (SSSR count). The van der Waals surface area contributed by atoms with E-state index in [-0.39, 0.29) is 11.7 Å². The molecule has 4 nitrogen and oxygen atoms in total. The molecule has 0 heterocycles. The van der Waals surface area contributed by atoms with Gasteiger partial charge in [-0.3, -0.25) is 10.1 Å². The van der Waals surface area contributed by atoms with Gasteiger partial charge in [-0.2, -0.15) is 0 Å². The lowest BCUT2D eigenvalue weighted by atomic mass is 10.2. The van der Waals surface area contributed by atoms with Crippen molar-refractivity contribution in [3.8, 4) is 0 Å². The number of nitrogens with zero attached hydrogens (tertiary/aromatic N) is 1. The summed E-state index contributed by atoms with van der Waals surface area (Å²) in [6.45, 7) is 0. The second-order valence-electron chi connectivity index (χ2n) is 3.46. The topological polar surface area (TPSA) is 55.2 Å². The maximum Gasteiger partial charge on any atom is 0.298 e. The van der Waals surface area contributed by atoms with Crippen LogP contribution in [-0.2, 0) is 0 Å². The van der Waals surface area contributed by atoms with Crippen LogP contribution in [0.1, 0.15) is 12.8 Å². The molecule has 1 aliphatic carbocycles. The van der Waals surface area contributed by atoms with Crippen molar-refractivity contribution in [1.29, 1.82) is 0 Å². The Morgan fingerprint density at radius 1 is 1.40 bits per heavy atom. The van der Waals surface area contributed by atoms with Gasteiger partial charge in [0.05, 0.1) is 11.0 Å². The average molecular weight is 214 g/mol. The van der Waals surface area contributed by atoms with Crippen LogP contribution in [-0.4, -0.2) is 11.0 Å². The van der Waals surface area contributed by atoms with Crippen LogP contribution in [0.3, 0.4) is 0 Å². The van der Waals surface area contributed by atoms with Gasteiger partial charge < -0.3 is 5.32 Å². The Kier molecular flexibility index (Phi) is 2.26. The predicted octanol–water partition coefficient (Wildman–Crippen LogP) is 2.45. The number of nitrogens with one attached hydrogen (secondary N) is 1. The minimum absolute atomic E-state index is 0.0728. The van der Waals surface area contributed by atoms with E-state index in [0.717, 1.165) is 12.8 Å². The van der Waals surface area contributed by atoms with Crippen molar-refractivity contribution in [2.75, 3.05) is 5.32 Å². The van der Waals surface area contributed by atoms with Gasteiger partial charge in [-0.1, -0.05) is 0 Å². The quantitative estimate of drug-likeness (QED) is 0.621. The lowest BCUT2D eigenvalue weighted by Crippen LogP contribution is -2.07. The first kappa shape index (κ1) is 9.82. The van der Waals surface area contributed by atoms with Gasteiger partial charge in [0, 0.05) is 12.1 Å². The second kappa shape index (κ2) is 3.45. The number of hydrogen-bond donors (Lipinski definition) is 1. The molecule has 6 heteroatoms. The summed E-state index contributed by atoms with van der Waals surface area (Å²) >= 11 is 0. The third kappa shape index (κ3) is 2.03. The standard InChI is InChI=1S/C9H8F2N2O2/c10-5-3-7(11)9(12-6-1-2-6)8(4-5)13(14)15/h3-4,6,12H,1-2H2. The van der Waals surface area contributed by atoms with Crippen LogP contribution < -0.4 is 5.32 Å². The monoisotopic (exact) mass is 214 g/mol. The van der Waals surface area contributed by atoms with E-state index in [2.05, 4.69) is 5.32 Å². The molecule has 0 bridgehead atoms. The van der Waals surface area contributed by atoms with Crippen molar-refractivity contribution in [2.24, 2.45) is 0 Å². The van der Waals surface area contributed by atoms with Gasteiger partial charge in [0.1, 0.15) is 11.5 Å². The first-order valence-corrected chi connectivity index (χ1v) is 4.48. The molecule has 0 aliphatic heterocycles. The summed E-state index contributed by atoms with van der Waals surface area (Å²) in [5, 5.41) is 13.2. The van der Waals surface area contributed by atoms with Gasteiger partial charge >= 0.3 is 0 Å². The van der Waals surface area contributed by atoms with E-state index < -0.39 is 22.2 Å². The Morgan fingerprint density at radius 3 is 2.60 bits per heavy atom. The highest BCUT2D eigenvalue weighted by Crippen LogP contribution is 2.33. The van der Waals surface area contributed by atoms with E-state index >= 15 is 0 Å². The van der Waals surface area contributed by atoms with Crippen LogP contribution in [0.4, 0.5) is 20.2 Å². The SMILES string of the molecule is O=[N+]([O-])c1cc(F)cc(F)c1NC1CC1. The number of benzene rings is 1. The maximum absolute atomic E-state index is 13.3. The summed E-state index contributed by atoms with van der Waals surface area (Å²) < 4.78 is 26.0. The fourth-order valence-electron chi connectivity index (χ4n) is 1.28. The third-order valence-electron chi connectivity index (χ3n) is 2.16. The number of halogens is 2. The predicted molar refractivity (Wildman–Crippen MR) is 49.7 cm³/mol. The van der Waals surface area contributed by atoms with Crippen molar-refractivity contribution in [3.05, 3.63) is 33.9 Å². The Labute approximate surface area is 84.1 Å². The van der Waals surface area contributed by atoms with Crippen LogP contribution in [0.2, 0.25) is 0 Å². The van der Waals surface area contributed by atoms with Gasteiger partial charge in [-0.05, 0) is 12.8 Å². The summed E-state index contributed by atoms with van der Waals surface area (Å²) in [6.07, 6.45) is 1.71. The zero-order valence-electron chi connectivity index (χ0n) is 7.67. The zero-order chi connectivity index (χ0) is 11.0. The van der Waals surface area contributed by atoms with Crippen LogP contribution >= 0.6 is 0 Å². The summed E-state index contributed by atoms with van der Waals surface area (Å²) in [5.74, 6) is -1.87. The first-order valence-electron chi connectivity index (χ1n) is 4.48. The lowest BCUT2D eigenvalue weighted by Gasteiger charge is -2.06. The van der Waals surface area contributed by atoms with Crippen LogP contribution in [0, 0.1) is 21.7 Å². The van der Waals surface area contributed by atoms with Crippen molar-refractivity contribution >= 4 is 11.4 Å². The van der Waals surface area contributed by atoms with E-state index in [0.29, 0.717) is 12.1 Å². The Bertz CT molecular complexity index is 419. The zero-order valence-corrected chi connectivity index (χ0v) is 7.67. The molecule has 1 aromatic rings. The molecular formula is C9H8F2N2O2. The normalized spacial score (nSPS) is 15.1. The smallest absolute Gasteiger partial charge is 0.298 e. The van der Waals surface area contributed by atoms with Gasteiger partial charge in [-0.25, -0.2) is 8.78 Å². The van der Waals surface area contributed by atoms with Crippen molar-refractivity contribution in [3.63, 3.8) is 0 Å². The molecule has 0 unspecified atom stereocenters. The molecule has 1 N–H and O–H groups in total. The molecule has 1 saturated carbocycles. The Morgan fingerprint density at radius 2 is 2.07 bits per heavy atom. The molecule has 1 aliphatic rings. The fourth-order valence-corrected chi connectivity index (χ4v) is 1.28. The molecule has 80 valence electrons. The average Bonchev–Trinajstić information content (AvgIpc) is 2.92.